The summed E-state index contributed by atoms with van der Waals surface area (Å²) in [5.41, 5.74) is 7.63. The second-order valence-electron chi connectivity index (χ2n) is 14.7. The number of aromatic nitrogens is 2. The minimum absolute atomic E-state index is 0.115. The summed E-state index contributed by atoms with van der Waals surface area (Å²) >= 11 is 0. The Hall–Kier alpha value is -6.50. The van der Waals surface area contributed by atoms with Crippen molar-refractivity contribution in [1.29, 1.82) is 0 Å². The van der Waals surface area contributed by atoms with Gasteiger partial charge in [-0.1, -0.05) is 105 Å². The lowest BCUT2D eigenvalue weighted by Gasteiger charge is -2.31. The molecule has 13 heteroatoms. The zero-order chi connectivity index (χ0) is 40.1. The maximum atomic E-state index is 13.9. The molecule has 1 aromatic heterocycles. The highest BCUT2D eigenvalue weighted by molar-refractivity contribution is 6.05. The van der Waals surface area contributed by atoms with Crippen molar-refractivity contribution in [3.05, 3.63) is 120 Å². The van der Waals surface area contributed by atoms with Crippen molar-refractivity contribution in [3.8, 4) is 22.4 Å². The lowest BCUT2D eigenvalue weighted by Crippen LogP contribution is -2.53. The van der Waals surface area contributed by atoms with Gasteiger partial charge in [-0.2, -0.15) is 0 Å². The molecule has 0 radical (unpaired) electrons. The summed E-state index contributed by atoms with van der Waals surface area (Å²) in [5, 5.41) is 5.40. The van der Waals surface area contributed by atoms with Crippen molar-refractivity contribution in [1.82, 2.24) is 30.4 Å². The van der Waals surface area contributed by atoms with Crippen molar-refractivity contribution in [3.63, 3.8) is 0 Å². The number of rotatable bonds is 11. The molecule has 3 aliphatic heterocycles. The molecule has 0 spiro atoms. The first-order valence-corrected chi connectivity index (χ1v) is 19.2. The van der Waals surface area contributed by atoms with Crippen LogP contribution in [-0.2, 0) is 19.1 Å². The van der Waals surface area contributed by atoms with Crippen LogP contribution in [0.5, 0.6) is 0 Å². The van der Waals surface area contributed by atoms with E-state index in [1.807, 2.05) is 62.5 Å². The number of methoxy groups -OCH3 is 2. The molecule has 4 heterocycles. The van der Waals surface area contributed by atoms with Crippen molar-refractivity contribution in [2.24, 2.45) is 10.9 Å². The average molecular weight is 770 g/mol. The Morgan fingerprint density at radius 1 is 0.807 bits per heavy atom. The van der Waals surface area contributed by atoms with Gasteiger partial charge in [0.2, 0.25) is 5.91 Å². The second-order valence-corrected chi connectivity index (χ2v) is 14.7. The number of nitrogens with zero attached hydrogens (tertiary/aromatic N) is 4. The fourth-order valence-corrected chi connectivity index (χ4v) is 7.68. The molecule has 294 valence electrons. The fourth-order valence-electron chi connectivity index (χ4n) is 7.68. The maximum absolute atomic E-state index is 13.9. The van der Waals surface area contributed by atoms with Crippen molar-refractivity contribution >= 4 is 35.3 Å². The van der Waals surface area contributed by atoms with Crippen LogP contribution >= 0.6 is 0 Å². The van der Waals surface area contributed by atoms with E-state index in [1.54, 1.807) is 16.0 Å². The number of carbonyl (C=O) groups excluding carboxylic acids is 4. The smallest absolute Gasteiger partial charge is 0.407 e. The van der Waals surface area contributed by atoms with Gasteiger partial charge < -0.3 is 34.9 Å². The molecule has 57 heavy (non-hydrogen) atoms. The summed E-state index contributed by atoms with van der Waals surface area (Å²) in [6, 6.07) is 23.7. The van der Waals surface area contributed by atoms with Crippen LogP contribution < -0.4 is 10.6 Å². The first-order chi connectivity index (χ1) is 27.6. The molecule has 3 aliphatic rings. The molecule has 7 rings (SSSR count). The Balaban J connectivity index is 0.980. The first-order valence-electron chi connectivity index (χ1n) is 19.2. The van der Waals surface area contributed by atoms with E-state index in [-0.39, 0.29) is 29.8 Å². The van der Waals surface area contributed by atoms with Crippen LogP contribution in [0.1, 0.15) is 62.1 Å². The third kappa shape index (κ3) is 8.37. The lowest BCUT2D eigenvalue weighted by molar-refractivity contribution is -0.135. The third-order valence-corrected chi connectivity index (χ3v) is 10.8. The van der Waals surface area contributed by atoms with Gasteiger partial charge in [-0.25, -0.2) is 14.6 Å². The summed E-state index contributed by atoms with van der Waals surface area (Å²) < 4.78 is 9.57. The molecule has 1 fully saturated rings. The number of alkyl carbamates (subject to hydrolysis) is 2. The van der Waals surface area contributed by atoms with Gasteiger partial charge in [0.05, 0.1) is 38.2 Å². The minimum Gasteiger partial charge on any atom is -0.453 e. The van der Waals surface area contributed by atoms with Crippen LogP contribution in [0, 0.1) is 5.92 Å². The van der Waals surface area contributed by atoms with Crippen molar-refractivity contribution in [2.75, 3.05) is 27.3 Å². The molecule has 0 unspecified atom stereocenters. The number of carbonyl (C=O) groups is 4. The molecule has 0 aliphatic carbocycles. The van der Waals surface area contributed by atoms with Gasteiger partial charge in [0.1, 0.15) is 17.9 Å². The number of benzene rings is 3. The number of allylic oxidation sites excluding steroid dienone is 1. The van der Waals surface area contributed by atoms with E-state index >= 15 is 0 Å². The zero-order valence-electron chi connectivity index (χ0n) is 32.5. The van der Waals surface area contributed by atoms with Gasteiger partial charge >= 0.3 is 12.2 Å². The van der Waals surface area contributed by atoms with Crippen LogP contribution in [0.3, 0.4) is 0 Å². The fraction of sp³-hybridized carbons (Fsp3) is 0.318. The van der Waals surface area contributed by atoms with E-state index in [0.717, 1.165) is 52.1 Å². The quantitative estimate of drug-likeness (QED) is 0.141. The molecule has 1 saturated heterocycles. The van der Waals surface area contributed by atoms with Crippen LogP contribution in [0.25, 0.3) is 28.0 Å². The van der Waals surface area contributed by atoms with Crippen molar-refractivity contribution in [2.45, 2.75) is 57.3 Å². The summed E-state index contributed by atoms with van der Waals surface area (Å²) in [6.07, 6.45) is 8.52. The average Bonchev–Trinajstić information content (AvgIpc) is 4.09. The number of likely N-dealkylation sites (tertiary alicyclic amines) is 1. The normalized spacial score (nSPS) is 18.5. The van der Waals surface area contributed by atoms with E-state index < -0.39 is 24.3 Å². The number of imidazole rings is 1. The Kier molecular flexibility index (Phi) is 11.6. The number of aromatic amines is 1. The summed E-state index contributed by atoms with van der Waals surface area (Å²) in [6.45, 7) is 4.79. The zero-order valence-corrected chi connectivity index (χ0v) is 32.5. The number of nitrogens with one attached hydrogen (secondary N) is 3. The number of ether oxygens (including phenoxy) is 2. The number of amides is 4. The van der Waals surface area contributed by atoms with E-state index in [0.29, 0.717) is 30.9 Å². The minimum atomic E-state index is -0.879. The monoisotopic (exact) mass is 769 g/mol. The molecule has 0 bridgehead atoms. The van der Waals surface area contributed by atoms with Gasteiger partial charge in [0.15, 0.2) is 0 Å². The van der Waals surface area contributed by atoms with Gasteiger partial charge in [0.25, 0.3) is 5.91 Å². The highest BCUT2D eigenvalue weighted by Crippen LogP contribution is 2.35. The van der Waals surface area contributed by atoms with Gasteiger partial charge in [-0.15, -0.1) is 0 Å². The summed E-state index contributed by atoms with van der Waals surface area (Å²) in [7, 11) is 2.57. The number of aliphatic imine (C=N–C) groups is 1. The number of hydrogen-bond acceptors (Lipinski definition) is 8. The predicted molar refractivity (Wildman–Crippen MR) is 217 cm³/mol. The van der Waals surface area contributed by atoms with Crippen LogP contribution in [0.15, 0.2) is 108 Å². The van der Waals surface area contributed by atoms with Gasteiger partial charge in [0, 0.05) is 31.4 Å². The summed E-state index contributed by atoms with van der Waals surface area (Å²) in [5.74, 6) is 0.208. The molecule has 13 nitrogen and oxygen atoms in total. The van der Waals surface area contributed by atoms with E-state index in [1.165, 1.54) is 14.2 Å². The first kappa shape index (κ1) is 38.8. The van der Waals surface area contributed by atoms with E-state index in [9.17, 15) is 19.2 Å². The molecule has 0 saturated carbocycles. The van der Waals surface area contributed by atoms with Gasteiger partial charge in [-0.3, -0.25) is 14.6 Å². The lowest BCUT2D eigenvalue weighted by atomic mass is 9.96. The van der Waals surface area contributed by atoms with Crippen molar-refractivity contribution < 1.29 is 28.7 Å². The number of H-pyrrole nitrogens is 1. The molecule has 3 N–H and O–H groups in total. The van der Waals surface area contributed by atoms with Crippen LogP contribution in [0.4, 0.5) is 9.59 Å². The Morgan fingerprint density at radius 3 is 2.12 bits per heavy atom. The molecule has 4 aromatic rings. The topological polar surface area (TPSA) is 158 Å². The Labute approximate surface area is 331 Å². The SMILES string of the molecule is COC(=O)N[C@H](C(=O)N1CC=C[C@H]1C1=NC=C(c2ccc(-c3ccc(-c4cnc([C@@H]5CCCN5C(=O)[C@H](NC(=O)OC)c5ccccc5)[nH]4)cc3)cc2)C1)C(C)C. The summed E-state index contributed by atoms with van der Waals surface area (Å²) in [4.78, 5) is 68.0. The van der Waals surface area contributed by atoms with E-state index in [4.69, 9.17) is 19.5 Å². The molecular weight excluding hydrogens is 723 g/mol. The standard InChI is InChI=1S/C44H47N7O6/c1-27(2)38(48-43(54)56-3)41(52)50-22-8-12-36(50)34-24-33(25-45-34)30-16-14-28(15-17-30)29-18-20-31(21-19-29)35-26-46-40(47-35)37-13-9-23-51(37)42(53)39(49-44(55)57-4)32-10-6-5-7-11-32/h5-8,10-12,14-21,25-27,36-39H,9,13,22-24H2,1-4H3,(H,46,47)(H,48,54)(H,49,55)/t36-,37-,38-,39+/m0/s1. The Morgan fingerprint density at radius 2 is 1.46 bits per heavy atom. The molecule has 4 amide bonds. The second kappa shape index (κ2) is 17.1. The Bertz CT molecular complexity index is 2190. The molecular formula is C44H47N7O6. The maximum Gasteiger partial charge on any atom is 0.407 e. The largest absolute Gasteiger partial charge is 0.453 e. The third-order valence-electron chi connectivity index (χ3n) is 10.8. The van der Waals surface area contributed by atoms with E-state index in [2.05, 4.69) is 64.1 Å². The van der Waals surface area contributed by atoms with Gasteiger partial charge in [-0.05, 0) is 52.1 Å². The molecule has 3 aromatic carbocycles. The van der Waals surface area contributed by atoms with Crippen LogP contribution in [-0.4, -0.2) is 88.9 Å². The highest BCUT2D eigenvalue weighted by Gasteiger charge is 2.38. The molecule has 4 atom stereocenters. The van der Waals surface area contributed by atoms with Crippen LogP contribution in [0.2, 0.25) is 0 Å². The number of hydrogen-bond donors (Lipinski definition) is 3. The highest BCUT2D eigenvalue weighted by atomic mass is 16.5. The predicted octanol–water partition coefficient (Wildman–Crippen LogP) is 6.84.